The van der Waals surface area contributed by atoms with Gasteiger partial charge in [-0.2, -0.15) is 0 Å². The minimum Gasteiger partial charge on any atom is -0.507 e. The number of hydrogen-bond acceptors (Lipinski definition) is 5. The number of para-hydroxylation sites is 1. The Balaban J connectivity index is 0.00000243. The quantitative estimate of drug-likeness (QED) is 0.396. The molecule has 0 fully saturated rings. The zero-order chi connectivity index (χ0) is 18.1. The summed E-state index contributed by atoms with van der Waals surface area (Å²) >= 11 is 0. The molecule has 0 aliphatic rings. The van der Waals surface area contributed by atoms with Crippen molar-refractivity contribution >= 4 is 28.3 Å². The molecule has 0 amide bonds. The number of rotatable bonds is 3. The van der Waals surface area contributed by atoms with Gasteiger partial charge in [0.1, 0.15) is 5.75 Å². The van der Waals surface area contributed by atoms with Crippen molar-refractivity contribution in [2.24, 2.45) is 4.99 Å². The van der Waals surface area contributed by atoms with E-state index in [0.717, 1.165) is 0 Å². The Kier molecular flexibility index (Phi) is 5.73. The Morgan fingerprint density at radius 1 is 1.15 bits per heavy atom. The molecule has 3 aromatic rings. The number of aryl methyl sites for hydroxylation is 1. The smallest absolute Gasteiger partial charge is 0.337 e. The first-order valence-corrected chi connectivity index (χ1v) is 7.53. The maximum absolute atomic E-state index is 11.7. The third-order valence-corrected chi connectivity index (χ3v) is 3.88. The number of phenols is 1. The van der Waals surface area contributed by atoms with Gasteiger partial charge in [-0.05, 0) is 43.7 Å². The van der Waals surface area contributed by atoms with Gasteiger partial charge in [-0.25, -0.2) is 9.59 Å². The first-order chi connectivity index (χ1) is 11.9. The zero-order valence-electron chi connectivity index (χ0n) is 14.3. The summed E-state index contributed by atoms with van der Waals surface area (Å²) in [6.07, 6.45) is 0. The predicted molar refractivity (Wildman–Crippen MR) is 94.2 cm³/mol. The van der Waals surface area contributed by atoms with E-state index >= 15 is 0 Å². The van der Waals surface area contributed by atoms with E-state index in [1.807, 2.05) is 0 Å². The van der Waals surface area contributed by atoms with Crippen molar-refractivity contribution in [3.8, 4) is 5.75 Å². The molecule has 1 aromatic heterocycles. The molecule has 128 valence electrons. The van der Waals surface area contributed by atoms with E-state index in [4.69, 9.17) is 4.42 Å². The Bertz CT molecular complexity index is 1080. The first kappa shape index (κ1) is 19.5. The van der Waals surface area contributed by atoms with Crippen LogP contribution in [0.4, 0.5) is 5.69 Å². The summed E-state index contributed by atoms with van der Waals surface area (Å²) in [5, 5.41) is 20.2. The number of carboxylic acid groups (broad SMARTS) is 1. The summed E-state index contributed by atoms with van der Waals surface area (Å²) in [6, 6.07) is 10.8. The zero-order valence-corrected chi connectivity index (χ0v) is 17.3. The van der Waals surface area contributed by atoms with E-state index < -0.39 is 11.6 Å². The molecule has 0 aliphatic heterocycles. The van der Waals surface area contributed by atoms with Crippen LogP contribution >= 0.6 is 0 Å². The van der Waals surface area contributed by atoms with Crippen molar-refractivity contribution in [3.05, 3.63) is 69.6 Å². The van der Waals surface area contributed by atoms with Crippen LogP contribution in [0.15, 0.2) is 56.7 Å². The van der Waals surface area contributed by atoms with Crippen molar-refractivity contribution in [1.82, 2.24) is 0 Å². The fourth-order valence-corrected chi connectivity index (χ4v) is 2.71. The van der Waals surface area contributed by atoms with E-state index in [1.165, 1.54) is 18.2 Å². The Hall–Kier alpha value is -2.79. The van der Waals surface area contributed by atoms with Gasteiger partial charge in [-0.15, -0.1) is 0 Å². The number of aromatic carboxylic acids is 1. The summed E-state index contributed by atoms with van der Waals surface area (Å²) < 4.78 is 5.28. The van der Waals surface area contributed by atoms with Crippen LogP contribution in [-0.2, 0) is 19.5 Å². The van der Waals surface area contributed by atoms with Gasteiger partial charge in [0.25, 0.3) is 0 Å². The monoisotopic (exact) mass is 401 g/mol. The Labute approximate surface area is 161 Å². The fraction of sp³-hybridized carbons (Fsp3) is 0.105. The van der Waals surface area contributed by atoms with Crippen LogP contribution in [0, 0.1) is 6.92 Å². The van der Waals surface area contributed by atoms with Crippen LogP contribution in [0.25, 0.3) is 11.0 Å². The molecular formula is C19H15NO5Zn. The standard InChI is InChI=1S/C19H15NO5.Zn/c1-10-9-16(22)25-18-12(10)7-8-15(21)17(18)11(2)20-14-6-4-3-5-13(14)19(23)24;/h3-9,21H,1-2H3,(H,23,24);. The Morgan fingerprint density at radius 2 is 1.85 bits per heavy atom. The van der Waals surface area contributed by atoms with Crippen molar-refractivity contribution < 1.29 is 38.9 Å². The number of aliphatic imine (C=N–C) groups is 1. The third kappa shape index (κ3) is 3.58. The first-order valence-electron chi connectivity index (χ1n) is 7.53. The van der Waals surface area contributed by atoms with Gasteiger partial charge >= 0.3 is 11.6 Å². The van der Waals surface area contributed by atoms with Crippen LogP contribution in [-0.4, -0.2) is 21.9 Å². The van der Waals surface area contributed by atoms with Crippen LogP contribution in [0.1, 0.15) is 28.4 Å². The summed E-state index contributed by atoms with van der Waals surface area (Å²) in [5.74, 6) is -1.20. The molecule has 3 rings (SSSR count). The average Bonchev–Trinajstić information content (AvgIpc) is 2.54. The normalized spacial score (nSPS) is 11.2. The van der Waals surface area contributed by atoms with E-state index in [2.05, 4.69) is 4.99 Å². The molecule has 1 heterocycles. The maximum Gasteiger partial charge on any atom is 0.337 e. The van der Waals surface area contributed by atoms with E-state index in [9.17, 15) is 19.8 Å². The molecule has 0 saturated heterocycles. The molecule has 0 aliphatic carbocycles. The number of fused-ring (bicyclic) bond motifs is 1. The van der Waals surface area contributed by atoms with E-state index in [1.54, 1.807) is 38.1 Å². The van der Waals surface area contributed by atoms with Crippen molar-refractivity contribution in [1.29, 1.82) is 0 Å². The number of nitrogens with zero attached hydrogens (tertiary/aromatic N) is 1. The number of carboxylic acids is 1. The SMILES string of the molecule is CC(=Nc1ccccc1C(=O)O)c1c(O)ccc2c(C)cc(=O)oc12.[Zn]. The number of aromatic hydroxyl groups is 1. The van der Waals surface area contributed by atoms with Gasteiger partial charge in [0, 0.05) is 30.9 Å². The molecule has 0 bridgehead atoms. The van der Waals surface area contributed by atoms with Crippen molar-refractivity contribution in [2.45, 2.75) is 13.8 Å². The van der Waals surface area contributed by atoms with Gasteiger partial charge in [-0.3, -0.25) is 4.99 Å². The third-order valence-electron chi connectivity index (χ3n) is 3.88. The van der Waals surface area contributed by atoms with Gasteiger partial charge in [0.15, 0.2) is 5.58 Å². The van der Waals surface area contributed by atoms with Gasteiger partial charge in [0.2, 0.25) is 0 Å². The molecular weight excluding hydrogens is 388 g/mol. The maximum atomic E-state index is 11.7. The summed E-state index contributed by atoms with van der Waals surface area (Å²) in [4.78, 5) is 27.4. The minimum atomic E-state index is -1.10. The second-order valence-electron chi connectivity index (χ2n) is 5.60. The number of phenolic OH excluding ortho intramolecular Hbond substituents is 1. The van der Waals surface area contributed by atoms with E-state index in [0.29, 0.717) is 16.7 Å². The fourth-order valence-electron chi connectivity index (χ4n) is 2.71. The van der Waals surface area contributed by atoms with Gasteiger partial charge in [0.05, 0.1) is 22.5 Å². The van der Waals surface area contributed by atoms with Crippen LogP contribution in [0.5, 0.6) is 5.75 Å². The largest absolute Gasteiger partial charge is 0.507 e. The second kappa shape index (κ2) is 7.62. The van der Waals surface area contributed by atoms with Crippen molar-refractivity contribution in [2.75, 3.05) is 0 Å². The van der Waals surface area contributed by atoms with E-state index in [-0.39, 0.29) is 47.6 Å². The molecule has 0 atom stereocenters. The molecule has 0 saturated carbocycles. The van der Waals surface area contributed by atoms with Crippen molar-refractivity contribution in [3.63, 3.8) is 0 Å². The summed E-state index contributed by atoms with van der Waals surface area (Å²) in [7, 11) is 0. The van der Waals surface area contributed by atoms with Gasteiger partial charge < -0.3 is 14.6 Å². The number of carbonyl (C=O) groups is 1. The average molecular weight is 403 g/mol. The molecule has 0 radical (unpaired) electrons. The molecule has 7 heteroatoms. The second-order valence-corrected chi connectivity index (χ2v) is 5.60. The minimum absolute atomic E-state index is 0. The number of hydrogen-bond donors (Lipinski definition) is 2. The summed E-state index contributed by atoms with van der Waals surface area (Å²) in [5.41, 5.74) is 1.29. The summed E-state index contributed by atoms with van der Waals surface area (Å²) in [6.45, 7) is 3.39. The van der Waals surface area contributed by atoms with Crippen LogP contribution in [0.2, 0.25) is 0 Å². The molecule has 26 heavy (non-hydrogen) atoms. The topological polar surface area (TPSA) is 100 Å². The molecule has 6 nitrogen and oxygen atoms in total. The van der Waals surface area contributed by atoms with Crippen LogP contribution in [0.3, 0.4) is 0 Å². The predicted octanol–water partition coefficient (Wildman–Crippen LogP) is 3.64. The molecule has 0 unspecified atom stereocenters. The number of benzene rings is 2. The van der Waals surface area contributed by atoms with Gasteiger partial charge in [-0.1, -0.05) is 12.1 Å². The van der Waals surface area contributed by atoms with Crippen LogP contribution < -0.4 is 5.63 Å². The molecule has 2 N–H and O–H groups in total. The Morgan fingerprint density at radius 3 is 2.54 bits per heavy atom. The molecule has 0 spiro atoms. The molecule has 2 aromatic carbocycles.